The fraction of sp³-hybridized carbons (Fsp3) is 0.261. The van der Waals surface area contributed by atoms with Gasteiger partial charge in [-0.15, -0.1) is 0 Å². The summed E-state index contributed by atoms with van der Waals surface area (Å²) in [7, 11) is 1.81. The first-order valence-electron chi connectivity index (χ1n) is 10.8. The molecule has 1 saturated heterocycles. The van der Waals surface area contributed by atoms with E-state index in [1.807, 2.05) is 11.9 Å². The number of nitrogens with one attached hydrogen (secondary N) is 2. The third-order valence-electron chi connectivity index (χ3n) is 5.83. The number of nitrogens with zero attached hydrogens (tertiary/aromatic N) is 5. The standard InChI is InChI=1S/C23H22Cl2FN7O/c1-31-13-33(20-16(24)3-2-4-17(20)25)22(34)15-12-28-23(30-21(15)31)29-14-5-6-19(18(26)11-14)32-9-7-27-8-10-32/h2-6,11-12,27H,7-10,13H2,1H3,(H,28,29,30). The van der Waals surface area contributed by atoms with Gasteiger partial charge in [-0.05, 0) is 30.3 Å². The summed E-state index contributed by atoms with van der Waals surface area (Å²) in [4.78, 5) is 27.3. The van der Waals surface area contributed by atoms with Crippen LogP contribution < -0.4 is 25.3 Å². The average molecular weight is 502 g/mol. The minimum Gasteiger partial charge on any atom is -0.367 e. The number of anilines is 5. The number of hydrogen-bond donors (Lipinski definition) is 2. The van der Waals surface area contributed by atoms with Crippen LogP contribution in [-0.4, -0.2) is 55.8 Å². The molecule has 1 fully saturated rings. The monoisotopic (exact) mass is 501 g/mol. The van der Waals surface area contributed by atoms with Crippen LogP contribution in [0.15, 0.2) is 42.6 Å². The molecule has 1 amide bonds. The zero-order valence-electron chi connectivity index (χ0n) is 18.4. The van der Waals surface area contributed by atoms with Gasteiger partial charge in [-0.3, -0.25) is 9.69 Å². The molecule has 11 heteroatoms. The van der Waals surface area contributed by atoms with Gasteiger partial charge in [-0.25, -0.2) is 9.37 Å². The van der Waals surface area contributed by atoms with E-state index < -0.39 is 0 Å². The number of aromatic nitrogens is 2. The topological polar surface area (TPSA) is 76.6 Å². The van der Waals surface area contributed by atoms with Crippen molar-refractivity contribution in [3.8, 4) is 0 Å². The molecule has 2 aliphatic heterocycles. The smallest absolute Gasteiger partial charge is 0.265 e. The van der Waals surface area contributed by atoms with Crippen molar-refractivity contribution < 1.29 is 9.18 Å². The lowest BCUT2D eigenvalue weighted by atomic mass is 10.2. The van der Waals surface area contributed by atoms with Crippen molar-refractivity contribution in [3.05, 3.63) is 64.0 Å². The van der Waals surface area contributed by atoms with E-state index >= 15 is 0 Å². The molecular formula is C23H22Cl2FN7O. The first kappa shape index (κ1) is 22.6. The van der Waals surface area contributed by atoms with Gasteiger partial charge in [0.05, 0.1) is 28.1 Å². The second-order valence-electron chi connectivity index (χ2n) is 8.10. The van der Waals surface area contributed by atoms with Crippen LogP contribution in [0, 0.1) is 5.82 Å². The first-order valence-corrected chi connectivity index (χ1v) is 11.5. The molecule has 0 atom stereocenters. The number of benzene rings is 2. The van der Waals surface area contributed by atoms with E-state index in [0.717, 1.165) is 26.2 Å². The van der Waals surface area contributed by atoms with Gasteiger partial charge in [0.25, 0.3) is 5.91 Å². The van der Waals surface area contributed by atoms with Crippen molar-refractivity contribution in [1.29, 1.82) is 0 Å². The molecule has 0 radical (unpaired) electrons. The van der Waals surface area contributed by atoms with Crippen molar-refractivity contribution in [2.45, 2.75) is 0 Å². The second-order valence-corrected chi connectivity index (χ2v) is 8.92. The van der Waals surface area contributed by atoms with Crippen LogP contribution in [0.3, 0.4) is 0 Å². The van der Waals surface area contributed by atoms with E-state index in [-0.39, 0.29) is 24.3 Å². The number of halogens is 3. The predicted molar refractivity (Wildman–Crippen MR) is 133 cm³/mol. The minimum absolute atomic E-state index is 0.208. The lowest BCUT2D eigenvalue weighted by Crippen LogP contribution is -2.46. The summed E-state index contributed by atoms with van der Waals surface area (Å²) in [5.41, 5.74) is 1.85. The predicted octanol–water partition coefficient (Wildman–Crippen LogP) is 4.13. The summed E-state index contributed by atoms with van der Waals surface area (Å²) in [6, 6.07) is 10.1. The van der Waals surface area contributed by atoms with E-state index in [0.29, 0.717) is 38.5 Å². The van der Waals surface area contributed by atoms with Crippen LogP contribution in [0.1, 0.15) is 10.4 Å². The summed E-state index contributed by atoms with van der Waals surface area (Å²) in [6.07, 6.45) is 1.45. The fourth-order valence-electron chi connectivity index (χ4n) is 4.16. The molecule has 0 unspecified atom stereocenters. The number of para-hydroxylation sites is 1. The molecule has 0 bridgehead atoms. The summed E-state index contributed by atoms with van der Waals surface area (Å²) < 4.78 is 14.8. The summed E-state index contributed by atoms with van der Waals surface area (Å²) >= 11 is 12.6. The molecule has 0 spiro atoms. The minimum atomic E-state index is -0.315. The number of carbonyl (C=O) groups is 1. The summed E-state index contributed by atoms with van der Waals surface area (Å²) in [6.45, 7) is 3.38. The maximum Gasteiger partial charge on any atom is 0.265 e. The summed E-state index contributed by atoms with van der Waals surface area (Å²) in [5, 5.41) is 7.05. The third kappa shape index (κ3) is 4.22. The van der Waals surface area contributed by atoms with Crippen LogP contribution in [0.4, 0.5) is 33.2 Å². The zero-order valence-corrected chi connectivity index (χ0v) is 19.9. The Balaban J connectivity index is 1.38. The third-order valence-corrected chi connectivity index (χ3v) is 6.44. The van der Waals surface area contributed by atoms with Crippen molar-refractivity contribution in [3.63, 3.8) is 0 Å². The molecule has 5 rings (SSSR count). The Hall–Kier alpha value is -3.14. The number of rotatable bonds is 4. The Morgan fingerprint density at radius 1 is 1.12 bits per heavy atom. The normalized spacial score (nSPS) is 16.0. The molecule has 2 aliphatic rings. The van der Waals surface area contributed by atoms with Gasteiger partial charge in [-0.2, -0.15) is 4.98 Å². The quantitative estimate of drug-likeness (QED) is 0.556. The van der Waals surface area contributed by atoms with Crippen molar-refractivity contribution >= 4 is 57.9 Å². The Morgan fingerprint density at radius 2 is 1.85 bits per heavy atom. The van der Waals surface area contributed by atoms with E-state index in [1.54, 1.807) is 35.2 Å². The van der Waals surface area contributed by atoms with Crippen LogP contribution in [0.25, 0.3) is 0 Å². The van der Waals surface area contributed by atoms with Gasteiger partial charge in [0.2, 0.25) is 5.95 Å². The Morgan fingerprint density at radius 3 is 2.56 bits per heavy atom. The summed E-state index contributed by atoms with van der Waals surface area (Å²) in [5.74, 6) is 0.0993. The van der Waals surface area contributed by atoms with E-state index in [2.05, 4.69) is 20.6 Å². The Kier molecular flexibility index (Phi) is 6.16. The molecule has 3 heterocycles. The molecule has 176 valence electrons. The molecular weight excluding hydrogens is 480 g/mol. The first-order chi connectivity index (χ1) is 16.4. The molecule has 34 heavy (non-hydrogen) atoms. The van der Waals surface area contributed by atoms with Crippen LogP contribution >= 0.6 is 23.2 Å². The number of piperazine rings is 1. The lowest BCUT2D eigenvalue weighted by molar-refractivity contribution is 0.0982. The van der Waals surface area contributed by atoms with Crippen LogP contribution in [-0.2, 0) is 0 Å². The van der Waals surface area contributed by atoms with Crippen molar-refractivity contribution in [1.82, 2.24) is 15.3 Å². The lowest BCUT2D eigenvalue weighted by Gasteiger charge is -2.35. The van der Waals surface area contributed by atoms with Gasteiger partial charge in [0.15, 0.2) is 0 Å². The number of amides is 1. The number of hydrogen-bond acceptors (Lipinski definition) is 7. The number of carbonyl (C=O) groups excluding carboxylic acids is 1. The van der Waals surface area contributed by atoms with Crippen molar-refractivity contribution in [2.24, 2.45) is 0 Å². The Labute approximate surface area is 206 Å². The molecule has 2 aromatic carbocycles. The fourth-order valence-corrected chi connectivity index (χ4v) is 4.76. The van der Waals surface area contributed by atoms with Crippen molar-refractivity contribution in [2.75, 3.05) is 59.9 Å². The average Bonchev–Trinajstić information content (AvgIpc) is 2.83. The molecule has 0 saturated carbocycles. The highest BCUT2D eigenvalue weighted by atomic mass is 35.5. The maximum atomic E-state index is 14.8. The van der Waals surface area contributed by atoms with E-state index in [9.17, 15) is 9.18 Å². The van der Waals surface area contributed by atoms with Gasteiger partial charge >= 0.3 is 0 Å². The molecule has 2 N–H and O–H groups in total. The SMILES string of the molecule is CN1CN(c2c(Cl)cccc2Cl)C(=O)c2cnc(Nc3ccc(N4CCNCC4)c(F)c3)nc21. The van der Waals surface area contributed by atoms with Gasteiger partial charge in [0, 0.05) is 45.1 Å². The molecule has 8 nitrogen and oxygen atoms in total. The molecule has 0 aliphatic carbocycles. The highest BCUT2D eigenvalue weighted by Gasteiger charge is 2.32. The van der Waals surface area contributed by atoms with Crippen LogP contribution in [0.2, 0.25) is 10.0 Å². The highest BCUT2D eigenvalue weighted by molar-refractivity contribution is 6.40. The zero-order chi connectivity index (χ0) is 23.8. The highest BCUT2D eigenvalue weighted by Crippen LogP contribution is 2.37. The van der Waals surface area contributed by atoms with Gasteiger partial charge < -0.3 is 20.4 Å². The molecule has 1 aromatic heterocycles. The second kappa shape index (κ2) is 9.25. The van der Waals surface area contributed by atoms with Gasteiger partial charge in [-0.1, -0.05) is 29.3 Å². The molecule has 3 aromatic rings. The largest absolute Gasteiger partial charge is 0.367 e. The van der Waals surface area contributed by atoms with Gasteiger partial charge in [0.1, 0.15) is 17.2 Å². The Bertz CT molecular complexity index is 1230. The van der Waals surface area contributed by atoms with E-state index in [1.165, 1.54) is 17.2 Å². The van der Waals surface area contributed by atoms with E-state index in [4.69, 9.17) is 23.2 Å². The van der Waals surface area contributed by atoms with Crippen LogP contribution in [0.5, 0.6) is 0 Å². The maximum absolute atomic E-state index is 14.8. The number of fused-ring (bicyclic) bond motifs is 1.